The lowest BCUT2D eigenvalue weighted by Crippen LogP contribution is -2.37. The number of amides is 1. The molecule has 2 aromatic carbocycles. The molecule has 1 heterocycles. The van der Waals surface area contributed by atoms with Gasteiger partial charge in [0.05, 0.1) is 12.1 Å². The molecule has 0 bridgehead atoms. The summed E-state index contributed by atoms with van der Waals surface area (Å²) in [5, 5.41) is 16.7. The highest BCUT2D eigenvalue weighted by Crippen LogP contribution is 2.21. The van der Waals surface area contributed by atoms with E-state index in [4.69, 9.17) is 4.52 Å². The molecule has 1 aromatic heterocycles. The summed E-state index contributed by atoms with van der Waals surface area (Å²) in [6.45, 7) is 1.66. The number of nitrogens with zero attached hydrogens (tertiary/aromatic N) is 1. The van der Waals surface area contributed by atoms with Crippen LogP contribution < -0.4 is 5.32 Å². The summed E-state index contributed by atoms with van der Waals surface area (Å²) in [7, 11) is 0. The number of carbonyl (C=O) groups is 1. The molecule has 0 saturated carbocycles. The Balaban J connectivity index is 1.67. The van der Waals surface area contributed by atoms with E-state index in [2.05, 4.69) is 10.5 Å². The van der Waals surface area contributed by atoms with E-state index < -0.39 is 18.1 Å². The lowest BCUT2D eigenvalue weighted by Gasteiger charge is -2.20. The molecule has 0 fully saturated rings. The fourth-order valence-electron chi connectivity index (χ4n) is 2.43. The monoisotopic (exact) mass is 340 g/mol. The van der Waals surface area contributed by atoms with Crippen LogP contribution in [-0.4, -0.2) is 22.2 Å². The van der Waals surface area contributed by atoms with Gasteiger partial charge in [0.2, 0.25) is 0 Å². The molecular formula is C19H17FN2O3. The number of aliphatic hydroxyl groups is 1. The molecule has 6 heteroatoms. The topological polar surface area (TPSA) is 75.4 Å². The van der Waals surface area contributed by atoms with E-state index in [0.717, 1.165) is 5.56 Å². The number of aromatic nitrogens is 1. The fraction of sp³-hybridized carbons (Fsp3) is 0.158. The Morgan fingerprint density at radius 3 is 2.52 bits per heavy atom. The average Bonchev–Trinajstić information content (AvgIpc) is 3.13. The third kappa shape index (κ3) is 3.92. The molecule has 5 nitrogen and oxygen atoms in total. The van der Waals surface area contributed by atoms with Gasteiger partial charge in [0.15, 0.2) is 11.5 Å². The molecule has 128 valence electrons. The van der Waals surface area contributed by atoms with Crippen molar-refractivity contribution < 1.29 is 18.8 Å². The Bertz CT molecular complexity index is 847. The molecule has 0 aliphatic heterocycles. The summed E-state index contributed by atoms with van der Waals surface area (Å²) >= 11 is 0. The number of rotatable bonds is 5. The van der Waals surface area contributed by atoms with Crippen molar-refractivity contribution in [3.8, 4) is 11.3 Å². The third-order valence-electron chi connectivity index (χ3n) is 3.84. The first kappa shape index (κ1) is 16.9. The lowest BCUT2D eigenvalue weighted by atomic mass is 10.0. The van der Waals surface area contributed by atoms with Crippen LogP contribution in [0.3, 0.4) is 0 Å². The maximum absolute atomic E-state index is 13.0. The zero-order valence-electron chi connectivity index (χ0n) is 13.5. The second-order valence-corrected chi connectivity index (χ2v) is 5.70. The predicted molar refractivity (Wildman–Crippen MR) is 90.2 cm³/mol. The van der Waals surface area contributed by atoms with Gasteiger partial charge >= 0.3 is 0 Å². The Morgan fingerprint density at radius 1 is 1.16 bits per heavy atom. The Labute approximate surface area is 144 Å². The molecular weight excluding hydrogens is 323 g/mol. The molecule has 0 spiro atoms. The van der Waals surface area contributed by atoms with Crippen molar-refractivity contribution in [3.63, 3.8) is 0 Å². The van der Waals surface area contributed by atoms with Gasteiger partial charge in [0.1, 0.15) is 5.82 Å². The first-order valence-corrected chi connectivity index (χ1v) is 7.81. The normalized spacial score (nSPS) is 13.2. The molecule has 3 rings (SSSR count). The number of carbonyl (C=O) groups excluding carboxylic acids is 1. The van der Waals surface area contributed by atoms with Gasteiger partial charge in [-0.3, -0.25) is 4.79 Å². The van der Waals surface area contributed by atoms with Gasteiger partial charge in [0, 0.05) is 11.6 Å². The van der Waals surface area contributed by atoms with Crippen molar-refractivity contribution in [1.82, 2.24) is 10.5 Å². The second kappa shape index (κ2) is 7.27. The lowest BCUT2D eigenvalue weighted by molar-refractivity contribution is 0.0843. The van der Waals surface area contributed by atoms with Crippen LogP contribution in [0, 0.1) is 5.82 Å². The van der Waals surface area contributed by atoms with E-state index in [9.17, 15) is 14.3 Å². The minimum Gasteiger partial charge on any atom is -0.386 e. The van der Waals surface area contributed by atoms with Gasteiger partial charge in [0.25, 0.3) is 5.91 Å². The molecule has 25 heavy (non-hydrogen) atoms. The van der Waals surface area contributed by atoms with Crippen molar-refractivity contribution in [2.24, 2.45) is 0 Å². The van der Waals surface area contributed by atoms with Crippen LogP contribution in [0.2, 0.25) is 0 Å². The quantitative estimate of drug-likeness (QED) is 0.747. The summed E-state index contributed by atoms with van der Waals surface area (Å²) in [5.41, 5.74) is 1.45. The van der Waals surface area contributed by atoms with Gasteiger partial charge in [-0.05, 0) is 24.6 Å². The molecule has 3 aromatic rings. The molecule has 0 saturated heterocycles. The van der Waals surface area contributed by atoms with Gasteiger partial charge in [-0.25, -0.2) is 4.39 Å². The maximum Gasteiger partial charge on any atom is 0.273 e. The van der Waals surface area contributed by atoms with Crippen LogP contribution in [0.1, 0.15) is 29.1 Å². The van der Waals surface area contributed by atoms with Crippen molar-refractivity contribution >= 4 is 5.91 Å². The number of benzene rings is 2. The molecule has 1 amide bonds. The SMILES string of the molecule is CC(NC(=O)c1cc(-c2ccccc2)on1)C(O)c1ccc(F)cc1. The van der Waals surface area contributed by atoms with Crippen LogP contribution in [0.15, 0.2) is 65.2 Å². The summed E-state index contributed by atoms with van der Waals surface area (Å²) in [6, 6.07) is 15.7. The number of hydrogen-bond acceptors (Lipinski definition) is 4. The maximum atomic E-state index is 13.0. The number of nitrogens with one attached hydrogen (secondary N) is 1. The Kier molecular flexibility index (Phi) is 4.90. The van der Waals surface area contributed by atoms with E-state index >= 15 is 0 Å². The second-order valence-electron chi connectivity index (χ2n) is 5.70. The molecule has 2 N–H and O–H groups in total. The van der Waals surface area contributed by atoms with Crippen molar-refractivity contribution in [1.29, 1.82) is 0 Å². The largest absolute Gasteiger partial charge is 0.386 e. The van der Waals surface area contributed by atoms with Gasteiger partial charge < -0.3 is 14.9 Å². The fourth-order valence-corrected chi connectivity index (χ4v) is 2.43. The third-order valence-corrected chi connectivity index (χ3v) is 3.84. The van der Waals surface area contributed by atoms with Crippen molar-refractivity contribution in [2.45, 2.75) is 19.1 Å². The van der Waals surface area contributed by atoms with E-state index in [1.807, 2.05) is 30.3 Å². The van der Waals surface area contributed by atoms with Crippen LogP contribution in [-0.2, 0) is 0 Å². The first-order valence-electron chi connectivity index (χ1n) is 7.81. The standard InChI is InChI=1S/C19H17FN2O3/c1-12(18(23)14-7-9-15(20)10-8-14)21-19(24)16-11-17(25-22-16)13-5-3-2-4-6-13/h2-12,18,23H,1H3,(H,21,24). The van der Waals surface area contributed by atoms with Crippen LogP contribution in [0.5, 0.6) is 0 Å². The van der Waals surface area contributed by atoms with Gasteiger partial charge in [-0.1, -0.05) is 47.6 Å². The molecule has 2 unspecified atom stereocenters. The smallest absolute Gasteiger partial charge is 0.273 e. The number of aliphatic hydroxyl groups excluding tert-OH is 1. The van der Waals surface area contributed by atoms with Crippen molar-refractivity contribution in [2.75, 3.05) is 0 Å². The minimum absolute atomic E-state index is 0.122. The molecule has 0 aliphatic rings. The summed E-state index contributed by atoms with van der Waals surface area (Å²) in [5.74, 6) is -0.360. The molecule has 0 radical (unpaired) electrons. The molecule has 2 atom stereocenters. The van der Waals surface area contributed by atoms with Crippen LogP contribution >= 0.6 is 0 Å². The van der Waals surface area contributed by atoms with Crippen LogP contribution in [0.25, 0.3) is 11.3 Å². The Morgan fingerprint density at radius 2 is 1.84 bits per heavy atom. The van der Waals surface area contributed by atoms with E-state index in [1.54, 1.807) is 13.0 Å². The molecule has 0 aliphatic carbocycles. The number of halogens is 1. The highest BCUT2D eigenvalue weighted by atomic mass is 19.1. The minimum atomic E-state index is -0.968. The highest BCUT2D eigenvalue weighted by molar-refractivity contribution is 5.93. The summed E-state index contributed by atoms with van der Waals surface area (Å²) in [4.78, 5) is 12.3. The average molecular weight is 340 g/mol. The van der Waals surface area contributed by atoms with Gasteiger partial charge in [-0.15, -0.1) is 0 Å². The zero-order valence-corrected chi connectivity index (χ0v) is 13.5. The van der Waals surface area contributed by atoms with Crippen LogP contribution in [0.4, 0.5) is 4.39 Å². The van der Waals surface area contributed by atoms with Gasteiger partial charge in [-0.2, -0.15) is 0 Å². The van der Waals surface area contributed by atoms with E-state index in [0.29, 0.717) is 11.3 Å². The number of hydrogen-bond donors (Lipinski definition) is 2. The first-order chi connectivity index (χ1) is 12.0. The van der Waals surface area contributed by atoms with E-state index in [-0.39, 0.29) is 11.5 Å². The van der Waals surface area contributed by atoms with E-state index in [1.165, 1.54) is 24.3 Å². The summed E-state index contributed by atoms with van der Waals surface area (Å²) in [6.07, 6.45) is -0.968. The zero-order chi connectivity index (χ0) is 17.8. The summed E-state index contributed by atoms with van der Waals surface area (Å²) < 4.78 is 18.2. The Hall–Kier alpha value is -2.99. The predicted octanol–water partition coefficient (Wildman–Crippen LogP) is 3.33. The van der Waals surface area contributed by atoms with Crippen molar-refractivity contribution in [3.05, 3.63) is 77.7 Å². The highest BCUT2D eigenvalue weighted by Gasteiger charge is 2.21.